The topological polar surface area (TPSA) is 64.6 Å². The van der Waals surface area contributed by atoms with Gasteiger partial charge in [-0.05, 0) is 30.7 Å². The van der Waals surface area contributed by atoms with Gasteiger partial charge in [-0.3, -0.25) is 4.72 Å². The van der Waals surface area contributed by atoms with Crippen molar-refractivity contribution in [2.45, 2.75) is 23.9 Å². The van der Waals surface area contributed by atoms with E-state index in [0.29, 0.717) is 12.8 Å². The summed E-state index contributed by atoms with van der Waals surface area (Å²) in [5, 5.41) is -0.737. The fourth-order valence-corrected chi connectivity index (χ4v) is 3.88. The van der Waals surface area contributed by atoms with Crippen LogP contribution in [0.1, 0.15) is 12.8 Å². The Kier molecular flexibility index (Phi) is 5.11. The summed E-state index contributed by atoms with van der Waals surface area (Å²) in [6.45, 7) is 0. The van der Waals surface area contributed by atoms with Crippen LogP contribution in [0.4, 0.5) is 10.1 Å². The molecule has 0 heterocycles. The van der Waals surface area contributed by atoms with Gasteiger partial charge in [0.15, 0.2) is 5.79 Å². The average molecular weight is 350 g/mol. The molecule has 0 radical (unpaired) electrons. The highest BCUT2D eigenvalue weighted by Gasteiger charge is 2.35. The van der Waals surface area contributed by atoms with E-state index in [4.69, 9.17) is 21.1 Å². The summed E-state index contributed by atoms with van der Waals surface area (Å²) in [6.07, 6.45) is 3.84. The average Bonchev–Trinajstić information content (AvgIpc) is 2.50. The van der Waals surface area contributed by atoms with Crippen LogP contribution in [0.2, 0.25) is 5.02 Å². The molecular formula is C14H17ClFNO4S. The lowest BCUT2D eigenvalue weighted by Gasteiger charge is -2.32. The Morgan fingerprint density at radius 2 is 2.05 bits per heavy atom. The third-order valence-electron chi connectivity index (χ3n) is 3.62. The lowest BCUT2D eigenvalue weighted by Crippen LogP contribution is -2.38. The molecule has 2 rings (SSSR count). The number of hydrogen-bond acceptors (Lipinski definition) is 4. The molecule has 8 heteroatoms. The molecule has 0 saturated carbocycles. The molecule has 1 aliphatic rings. The van der Waals surface area contributed by atoms with Crippen LogP contribution in [0.25, 0.3) is 0 Å². The third kappa shape index (κ3) is 3.60. The fourth-order valence-electron chi connectivity index (χ4n) is 2.26. The first-order valence-corrected chi connectivity index (χ1v) is 8.51. The van der Waals surface area contributed by atoms with E-state index in [2.05, 4.69) is 4.72 Å². The first kappa shape index (κ1) is 17.2. The van der Waals surface area contributed by atoms with Gasteiger partial charge in [0.1, 0.15) is 5.82 Å². The molecule has 1 aromatic rings. The Hall–Kier alpha value is -1.15. The molecule has 1 atom stereocenters. The van der Waals surface area contributed by atoms with Crippen molar-refractivity contribution in [3.63, 3.8) is 0 Å². The maximum atomic E-state index is 13.0. The molecule has 0 spiro atoms. The minimum atomic E-state index is -3.69. The lowest BCUT2D eigenvalue weighted by molar-refractivity contribution is -0.176. The highest BCUT2D eigenvalue weighted by molar-refractivity contribution is 7.93. The predicted molar refractivity (Wildman–Crippen MR) is 82.9 cm³/mol. The maximum absolute atomic E-state index is 13.0. The predicted octanol–water partition coefficient (Wildman–Crippen LogP) is 2.93. The van der Waals surface area contributed by atoms with Crippen LogP contribution in [-0.2, 0) is 19.5 Å². The van der Waals surface area contributed by atoms with Gasteiger partial charge in [-0.25, -0.2) is 12.8 Å². The van der Waals surface area contributed by atoms with Gasteiger partial charge in [0.25, 0.3) is 0 Å². The molecule has 0 aliphatic heterocycles. The zero-order chi connectivity index (χ0) is 16.4. The first-order chi connectivity index (χ1) is 10.3. The monoisotopic (exact) mass is 349 g/mol. The molecule has 1 N–H and O–H groups in total. The van der Waals surface area contributed by atoms with Crippen LogP contribution in [-0.4, -0.2) is 33.7 Å². The van der Waals surface area contributed by atoms with E-state index in [-0.39, 0.29) is 10.7 Å². The third-order valence-corrected chi connectivity index (χ3v) is 5.62. The van der Waals surface area contributed by atoms with Crippen LogP contribution < -0.4 is 4.72 Å². The minimum absolute atomic E-state index is 0.00601. The summed E-state index contributed by atoms with van der Waals surface area (Å²) in [7, 11) is -0.695. The van der Waals surface area contributed by atoms with Crippen molar-refractivity contribution in [3.8, 4) is 0 Å². The number of halogens is 2. The van der Waals surface area contributed by atoms with Crippen molar-refractivity contribution in [1.29, 1.82) is 0 Å². The van der Waals surface area contributed by atoms with Gasteiger partial charge in [-0.1, -0.05) is 17.7 Å². The van der Waals surface area contributed by atoms with Crippen molar-refractivity contribution < 1.29 is 22.3 Å². The van der Waals surface area contributed by atoms with Gasteiger partial charge in [0.2, 0.25) is 10.0 Å². The summed E-state index contributed by atoms with van der Waals surface area (Å²) < 4.78 is 50.7. The van der Waals surface area contributed by atoms with Crippen LogP contribution in [0, 0.1) is 5.82 Å². The molecule has 5 nitrogen and oxygen atoms in total. The minimum Gasteiger partial charge on any atom is -0.350 e. The molecule has 0 aromatic heterocycles. The molecule has 122 valence electrons. The summed E-state index contributed by atoms with van der Waals surface area (Å²) >= 11 is 5.84. The molecular weight excluding hydrogens is 333 g/mol. The van der Waals surface area contributed by atoms with Crippen LogP contribution in [0.15, 0.2) is 30.4 Å². The number of sulfonamides is 1. The number of benzene rings is 1. The second kappa shape index (κ2) is 6.54. The Bertz CT molecular complexity index is 673. The highest BCUT2D eigenvalue weighted by atomic mass is 35.5. The Balaban J connectivity index is 2.18. The van der Waals surface area contributed by atoms with E-state index in [9.17, 15) is 12.8 Å². The number of methoxy groups -OCH3 is 2. The van der Waals surface area contributed by atoms with Crippen LogP contribution >= 0.6 is 11.6 Å². The lowest BCUT2D eigenvalue weighted by atomic mass is 10.0. The maximum Gasteiger partial charge on any atom is 0.239 e. The van der Waals surface area contributed by atoms with E-state index < -0.39 is 26.9 Å². The smallest absolute Gasteiger partial charge is 0.239 e. The van der Waals surface area contributed by atoms with Crippen molar-refractivity contribution in [2.75, 3.05) is 18.9 Å². The van der Waals surface area contributed by atoms with E-state index in [0.717, 1.165) is 12.1 Å². The first-order valence-electron chi connectivity index (χ1n) is 6.58. The number of hydrogen-bond donors (Lipinski definition) is 1. The number of anilines is 1. The van der Waals surface area contributed by atoms with Crippen LogP contribution in [0.3, 0.4) is 0 Å². The Morgan fingerprint density at radius 3 is 2.55 bits per heavy atom. The number of rotatable bonds is 5. The molecule has 1 aromatic carbocycles. The van der Waals surface area contributed by atoms with Gasteiger partial charge < -0.3 is 9.47 Å². The molecule has 22 heavy (non-hydrogen) atoms. The van der Waals surface area contributed by atoms with Gasteiger partial charge in [-0.15, -0.1) is 0 Å². The second-order valence-corrected chi connectivity index (χ2v) is 7.23. The largest absolute Gasteiger partial charge is 0.350 e. The Morgan fingerprint density at radius 1 is 1.36 bits per heavy atom. The van der Waals surface area contributed by atoms with E-state index >= 15 is 0 Å². The second-order valence-electron chi connectivity index (χ2n) is 4.93. The van der Waals surface area contributed by atoms with E-state index in [1.165, 1.54) is 26.4 Å². The van der Waals surface area contributed by atoms with Crippen molar-refractivity contribution >= 4 is 27.3 Å². The Labute approximate surface area is 134 Å². The van der Waals surface area contributed by atoms with E-state index in [1.807, 2.05) is 0 Å². The fraction of sp³-hybridized carbons (Fsp3) is 0.429. The SMILES string of the molecule is COC1(OC)C=CC(S(=O)(=O)Nc2ccc(F)cc2Cl)CC1. The molecule has 1 aliphatic carbocycles. The summed E-state index contributed by atoms with van der Waals surface area (Å²) in [5.74, 6) is -1.42. The highest BCUT2D eigenvalue weighted by Crippen LogP contribution is 2.31. The van der Waals surface area contributed by atoms with Gasteiger partial charge in [-0.2, -0.15) is 0 Å². The number of ether oxygens (including phenoxy) is 2. The zero-order valence-electron chi connectivity index (χ0n) is 12.2. The zero-order valence-corrected chi connectivity index (χ0v) is 13.7. The van der Waals surface area contributed by atoms with Crippen molar-refractivity contribution in [2.24, 2.45) is 0 Å². The molecule has 0 bridgehead atoms. The van der Waals surface area contributed by atoms with Crippen LogP contribution in [0.5, 0.6) is 0 Å². The normalized spacial score (nSPS) is 20.8. The molecule has 1 unspecified atom stereocenters. The summed E-state index contributed by atoms with van der Waals surface area (Å²) in [5.41, 5.74) is 0.145. The van der Waals surface area contributed by atoms with E-state index in [1.54, 1.807) is 6.08 Å². The quantitative estimate of drug-likeness (QED) is 0.655. The molecule has 0 saturated heterocycles. The molecule has 0 amide bonds. The van der Waals surface area contributed by atoms with Crippen molar-refractivity contribution in [1.82, 2.24) is 0 Å². The van der Waals surface area contributed by atoms with Gasteiger partial charge in [0, 0.05) is 20.6 Å². The standard InChI is InChI=1S/C14H17ClFNO4S/c1-20-14(21-2)7-5-11(6-8-14)22(18,19)17-13-4-3-10(16)9-12(13)15/h3-5,7,9,11,17H,6,8H2,1-2H3. The summed E-state index contributed by atoms with van der Waals surface area (Å²) in [6, 6.07) is 3.48. The molecule has 0 fully saturated rings. The number of nitrogens with one attached hydrogen (secondary N) is 1. The van der Waals surface area contributed by atoms with Gasteiger partial charge in [0.05, 0.1) is 16.0 Å². The van der Waals surface area contributed by atoms with Gasteiger partial charge >= 0.3 is 0 Å². The van der Waals surface area contributed by atoms with Crippen molar-refractivity contribution in [3.05, 3.63) is 41.2 Å². The summed E-state index contributed by atoms with van der Waals surface area (Å²) in [4.78, 5) is 0.